The van der Waals surface area contributed by atoms with E-state index in [9.17, 15) is 14.4 Å². The van der Waals surface area contributed by atoms with E-state index in [0.29, 0.717) is 19.4 Å². The molecule has 0 aliphatic carbocycles. The Morgan fingerprint density at radius 1 is 1.59 bits per heavy atom. The van der Waals surface area contributed by atoms with Crippen LogP contribution >= 0.6 is 0 Å². The van der Waals surface area contributed by atoms with Gasteiger partial charge in [-0.2, -0.15) is 0 Å². The monoisotopic (exact) mass is 241 g/mol. The average molecular weight is 241 g/mol. The van der Waals surface area contributed by atoms with Crippen LogP contribution in [-0.2, 0) is 14.3 Å². The maximum atomic E-state index is 11.6. The lowest BCUT2D eigenvalue weighted by atomic mass is 10.2. The molecule has 7 heteroatoms. The Kier molecular flexibility index (Phi) is 3.16. The third-order valence-corrected chi connectivity index (χ3v) is 2.87. The van der Waals surface area contributed by atoms with E-state index in [2.05, 4.69) is 10.6 Å². The van der Waals surface area contributed by atoms with Gasteiger partial charge in [0.05, 0.1) is 13.1 Å². The Bertz CT molecular complexity index is 357. The zero-order chi connectivity index (χ0) is 12.4. The van der Waals surface area contributed by atoms with E-state index in [-0.39, 0.29) is 30.6 Å². The van der Waals surface area contributed by atoms with Crippen molar-refractivity contribution < 1.29 is 19.1 Å². The highest BCUT2D eigenvalue weighted by Gasteiger charge is 2.31. The van der Waals surface area contributed by atoms with E-state index in [0.717, 1.165) is 0 Å². The van der Waals surface area contributed by atoms with Crippen molar-refractivity contribution >= 4 is 17.9 Å². The molecule has 0 radical (unpaired) electrons. The number of cyclic esters (lactones) is 1. The van der Waals surface area contributed by atoms with Crippen LogP contribution in [0.4, 0.5) is 4.79 Å². The van der Waals surface area contributed by atoms with Crippen molar-refractivity contribution in [1.82, 2.24) is 15.5 Å². The van der Waals surface area contributed by atoms with Gasteiger partial charge in [-0.15, -0.1) is 0 Å². The van der Waals surface area contributed by atoms with Crippen LogP contribution in [0.1, 0.15) is 12.8 Å². The maximum Gasteiger partial charge on any atom is 0.410 e. The van der Waals surface area contributed by atoms with E-state index in [1.807, 2.05) is 0 Å². The summed E-state index contributed by atoms with van der Waals surface area (Å²) >= 11 is 0. The minimum Gasteiger partial charge on any atom is -0.442 e. The minimum absolute atomic E-state index is 0.0998. The lowest BCUT2D eigenvalue weighted by molar-refractivity contribution is -0.126. The Hall–Kier alpha value is -1.79. The third kappa shape index (κ3) is 2.66. The number of hydrogen-bond donors (Lipinski definition) is 2. The van der Waals surface area contributed by atoms with Gasteiger partial charge in [0.15, 0.2) is 0 Å². The molecule has 2 atom stereocenters. The molecule has 2 fully saturated rings. The highest BCUT2D eigenvalue weighted by molar-refractivity contribution is 5.90. The number of nitrogens with one attached hydrogen (secondary N) is 2. The summed E-state index contributed by atoms with van der Waals surface area (Å²) in [5, 5.41) is 5.25. The fourth-order valence-corrected chi connectivity index (χ4v) is 1.90. The van der Waals surface area contributed by atoms with Crippen LogP contribution in [0, 0.1) is 0 Å². The number of rotatable bonds is 3. The first-order chi connectivity index (χ1) is 8.06. The molecule has 2 heterocycles. The van der Waals surface area contributed by atoms with E-state index in [4.69, 9.17) is 4.74 Å². The van der Waals surface area contributed by atoms with Crippen molar-refractivity contribution in [3.8, 4) is 0 Å². The lowest BCUT2D eigenvalue weighted by Crippen LogP contribution is -2.44. The standard InChI is InChI=1S/C10H15N3O4/c1-13-5-6(17-10(13)16)4-11-9(15)7-2-3-8(14)12-7/h6-7H,2-5H2,1H3,(H,11,15)(H,12,14). The largest absolute Gasteiger partial charge is 0.442 e. The van der Waals surface area contributed by atoms with E-state index in [1.54, 1.807) is 7.05 Å². The van der Waals surface area contributed by atoms with Crippen LogP contribution in [0.25, 0.3) is 0 Å². The van der Waals surface area contributed by atoms with Crippen molar-refractivity contribution in [2.45, 2.75) is 25.0 Å². The molecular weight excluding hydrogens is 226 g/mol. The van der Waals surface area contributed by atoms with Crippen LogP contribution in [0.3, 0.4) is 0 Å². The Balaban J connectivity index is 1.73. The van der Waals surface area contributed by atoms with Crippen LogP contribution < -0.4 is 10.6 Å². The molecule has 0 spiro atoms. The lowest BCUT2D eigenvalue weighted by Gasteiger charge is -2.13. The molecule has 7 nitrogen and oxygen atoms in total. The summed E-state index contributed by atoms with van der Waals surface area (Å²) in [6, 6.07) is -0.447. The molecule has 2 saturated heterocycles. The SMILES string of the molecule is CN1CC(CNC(=O)C2CCC(=O)N2)OC1=O. The van der Waals surface area contributed by atoms with Crippen molar-refractivity contribution in [3.63, 3.8) is 0 Å². The Morgan fingerprint density at radius 2 is 2.35 bits per heavy atom. The highest BCUT2D eigenvalue weighted by atomic mass is 16.6. The summed E-state index contributed by atoms with van der Waals surface area (Å²) in [6.07, 6.45) is 0.223. The molecule has 2 aliphatic rings. The van der Waals surface area contributed by atoms with Gasteiger partial charge in [-0.3, -0.25) is 9.59 Å². The van der Waals surface area contributed by atoms with E-state index >= 15 is 0 Å². The molecule has 0 aromatic carbocycles. The van der Waals surface area contributed by atoms with Crippen molar-refractivity contribution in [2.24, 2.45) is 0 Å². The predicted molar refractivity (Wildman–Crippen MR) is 57.1 cm³/mol. The molecule has 0 bridgehead atoms. The molecule has 2 N–H and O–H groups in total. The molecular formula is C10H15N3O4. The van der Waals surface area contributed by atoms with Gasteiger partial charge in [0, 0.05) is 13.5 Å². The molecule has 94 valence electrons. The smallest absolute Gasteiger partial charge is 0.410 e. The topological polar surface area (TPSA) is 87.7 Å². The molecule has 2 unspecified atom stereocenters. The predicted octanol–water partition coefficient (Wildman–Crippen LogP) is -1.17. The van der Waals surface area contributed by atoms with Gasteiger partial charge >= 0.3 is 6.09 Å². The quantitative estimate of drug-likeness (QED) is 0.652. The number of ether oxygens (including phenoxy) is 1. The fraction of sp³-hybridized carbons (Fsp3) is 0.700. The second-order valence-corrected chi connectivity index (χ2v) is 4.29. The molecule has 0 aromatic rings. The summed E-state index contributed by atoms with van der Waals surface area (Å²) in [5.41, 5.74) is 0. The minimum atomic E-state index is -0.447. The first-order valence-electron chi connectivity index (χ1n) is 5.55. The van der Waals surface area contributed by atoms with Gasteiger partial charge in [-0.05, 0) is 6.42 Å². The summed E-state index contributed by atoms with van der Waals surface area (Å²) in [4.78, 5) is 35.1. The zero-order valence-corrected chi connectivity index (χ0v) is 9.56. The summed E-state index contributed by atoms with van der Waals surface area (Å²) in [5.74, 6) is -0.321. The summed E-state index contributed by atoms with van der Waals surface area (Å²) in [7, 11) is 1.64. The number of carbonyl (C=O) groups excluding carboxylic acids is 3. The molecule has 17 heavy (non-hydrogen) atoms. The Labute approximate surface area is 98.5 Å². The zero-order valence-electron chi connectivity index (χ0n) is 9.56. The molecule has 0 aromatic heterocycles. The highest BCUT2D eigenvalue weighted by Crippen LogP contribution is 2.09. The number of hydrogen-bond acceptors (Lipinski definition) is 4. The van der Waals surface area contributed by atoms with Crippen LogP contribution in [0.15, 0.2) is 0 Å². The second-order valence-electron chi connectivity index (χ2n) is 4.29. The second kappa shape index (κ2) is 4.60. The first-order valence-corrected chi connectivity index (χ1v) is 5.55. The third-order valence-electron chi connectivity index (χ3n) is 2.87. The number of amides is 3. The summed E-state index contributed by atoms with van der Waals surface area (Å²) in [6.45, 7) is 0.747. The van der Waals surface area contributed by atoms with Gasteiger partial charge in [0.1, 0.15) is 12.1 Å². The summed E-state index contributed by atoms with van der Waals surface area (Å²) < 4.78 is 4.99. The van der Waals surface area contributed by atoms with Crippen molar-refractivity contribution in [1.29, 1.82) is 0 Å². The Morgan fingerprint density at radius 3 is 2.88 bits per heavy atom. The van der Waals surface area contributed by atoms with Crippen molar-refractivity contribution in [2.75, 3.05) is 20.1 Å². The van der Waals surface area contributed by atoms with Gasteiger partial charge in [0.25, 0.3) is 0 Å². The fourth-order valence-electron chi connectivity index (χ4n) is 1.90. The van der Waals surface area contributed by atoms with Gasteiger partial charge in [-0.1, -0.05) is 0 Å². The van der Waals surface area contributed by atoms with Crippen LogP contribution in [-0.4, -0.2) is 55.1 Å². The number of nitrogens with zero attached hydrogens (tertiary/aromatic N) is 1. The number of likely N-dealkylation sites (N-methyl/N-ethyl adjacent to an activating group) is 1. The number of carbonyl (C=O) groups is 3. The molecule has 3 amide bonds. The van der Waals surface area contributed by atoms with E-state index < -0.39 is 6.04 Å². The average Bonchev–Trinajstić information content (AvgIpc) is 2.83. The van der Waals surface area contributed by atoms with Gasteiger partial charge in [0.2, 0.25) is 11.8 Å². The normalized spacial score (nSPS) is 27.9. The van der Waals surface area contributed by atoms with Crippen LogP contribution in [0.2, 0.25) is 0 Å². The first kappa shape index (κ1) is 11.7. The molecule has 2 aliphatic heterocycles. The molecule has 2 rings (SSSR count). The van der Waals surface area contributed by atoms with Gasteiger partial charge < -0.3 is 20.3 Å². The maximum absolute atomic E-state index is 11.6. The van der Waals surface area contributed by atoms with Crippen LogP contribution in [0.5, 0.6) is 0 Å². The molecule has 0 saturated carbocycles. The van der Waals surface area contributed by atoms with Gasteiger partial charge in [-0.25, -0.2) is 4.79 Å². The van der Waals surface area contributed by atoms with E-state index in [1.165, 1.54) is 4.90 Å². The van der Waals surface area contributed by atoms with Crippen molar-refractivity contribution in [3.05, 3.63) is 0 Å².